The quantitative estimate of drug-likeness (QED) is 0.236. The molecule has 0 unspecified atom stereocenters. The highest BCUT2D eigenvalue weighted by molar-refractivity contribution is 7.94. The molecule has 3 nitrogen and oxygen atoms in total. The third kappa shape index (κ3) is 10.2. The van der Waals surface area contributed by atoms with Gasteiger partial charge in [0.05, 0.1) is 6.61 Å². The summed E-state index contributed by atoms with van der Waals surface area (Å²) in [5.41, 5.74) is 0. The third-order valence-electron chi connectivity index (χ3n) is 3.15. The molecular weight excluding hydrogens is 288 g/mol. The average Bonchev–Trinajstić information content (AvgIpc) is 2.43. The minimum absolute atomic E-state index is 0.779. The van der Waals surface area contributed by atoms with Crippen LogP contribution in [0.5, 0.6) is 0 Å². The first-order valence-corrected chi connectivity index (χ1v) is 11.4. The third-order valence-corrected chi connectivity index (χ3v) is 7.94. The predicted octanol–water partition coefficient (Wildman–Crippen LogP) is 5.16. The first kappa shape index (κ1) is 20.4. The van der Waals surface area contributed by atoms with Gasteiger partial charge in [-0.1, -0.05) is 33.1 Å². The molecule has 0 atom stereocenters. The molecule has 0 aromatic carbocycles. The SMILES string of the molecule is CCCCOSCCCC[Si](CCC)(OCC)OCC. The van der Waals surface area contributed by atoms with Gasteiger partial charge in [-0.15, -0.1) is 0 Å². The molecule has 0 saturated carbocycles. The normalized spacial score (nSPS) is 12.0. The molecule has 0 aliphatic heterocycles. The zero-order valence-electron chi connectivity index (χ0n) is 13.9. The molecule has 0 fully saturated rings. The fourth-order valence-electron chi connectivity index (χ4n) is 2.24. The summed E-state index contributed by atoms with van der Waals surface area (Å²) in [5.74, 6) is 1.08. The number of rotatable bonds is 15. The number of hydrogen-bond donors (Lipinski definition) is 0. The lowest BCUT2D eigenvalue weighted by Crippen LogP contribution is -2.42. The van der Waals surface area contributed by atoms with Crippen molar-refractivity contribution in [2.75, 3.05) is 25.6 Å². The number of unbranched alkanes of at least 4 members (excludes halogenated alkanes) is 2. The van der Waals surface area contributed by atoms with Crippen molar-refractivity contribution in [2.45, 2.75) is 71.9 Å². The Morgan fingerprint density at radius 2 is 1.50 bits per heavy atom. The van der Waals surface area contributed by atoms with E-state index < -0.39 is 8.56 Å². The molecule has 0 aromatic heterocycles. The lowest BCUT2D eigenvalue weighted by Gasteiger charge is -2.29. The van der Waals surface area contributed by atoms with E-state index in [9.17, 15) is 0 Å². The second-order valence-corrected chi connectivity index (χ2v) is 9.26. The van der Waals surface area contributed by atoms with Gasteiger partial charge in [0.25, 0.3) is 0 Å². The first-order chi connectivity index (χ1) is 9.74. The first-order valence-electron chi connectivity index (χ1n) is 8.27. The fraction of sp³-hybridized carbons (Fsp3) is 1.00. The van der Waals surface area contributed by atoms with Crippen LogP contribution < -0.4 is 0 Å². The minimum Gasteiger partial charge on any atom is -0.394 e. The maximum absolute atomic E-state index is 6.05. The van der Waals surface area contributed by atoms with Crippen LogP contribution in [-0.4, -0.2) is 34.1 Å². The van der Waals surface area contributed by atoms with E-state index in [0.717, 1.165) is 50.5 Å². The van der Waals surface area contributed by atoms with E-state index in [2.05, 4.69) is 27.7 Å². The molecule has 0 aliphatic rings. The van der Waals surface area contributed by atoms with Crippen LogP contribution in [0.15, 0.2) is 0 Å². The summed E-state index contributed by atoms with van der Waals surface area (Å²) < 4.78 is 17.6. The minimum atomic E-state index is -1.93. The van der Waals surface area contributed by atoms with Gasteiger partial charge < -0.3 is 13.0 Å². The fourth-order valence-corrected chi connectivity index (χ4v) is 6.43. The van der Waals surface area contributed by atoms with Gasteiger partial charge in [0, 0.05) is 19.0 Å². The molecular formula is C15H34O3SSi. The Balaban J connectivity index is 3.82. The Bertz CT molecular complexity index is 189. The molecule has 0 bridgehead atoms. The van der Waals surface area contributed by atoms with Crippen LogP contribution in [0.4, 0.5) is 0 Å². The van der Waals surface area contributed by atoms with Crippen LogP contribution in [0, 0.1) is 0 Å². The van der Waals surface area contributed by atoms with Gasteiger partial charge in [-0.25, -0.2) is 0 Å². The molecule has 0 rings (SSSR count). The highest BCUT2D eigenvalue weighted by Crippen LogP contribution is 2.24. The smallest absolute Gasteiger partial charge is 0.338 e. The van der Waals surface area contributed by atoms with Crippen molar-refractivity contribution in [3.05, 3.63) is 0 Å². The molecule has 0 heterocycles. The van der Waals surface area contributed by atoms with Crippen molar-refractivity contribution in [1.29, 1.82) is 0 Å². The van der Waals surface area contributed by atoms with Gasteiger partial charge in [0.1, 0.15) is 0 Å². The summed E-state index contributed by atoms with van der Waals surface area (Å²) in [6.07, 6.45) is 5.90. The summed E-state index contributed by atoms with van der Waals surface area (Å²) in [5, 5.41) is 0. The summed E-state index contributed by atoms with van der Waals surface area (Å²) in [6, 6.07) is 2.24. The molecule has 0 spiro atoms. The second-order valence-electron chi connectivity index (χ2n) is 4.98. The van der Waals surface area contributed by atoms with Crippen molar-refractivity contribution in [1.82, 2.24) is 0 Å². The van der Waals surface area contributed by atoms with Gasteiger partial charge in [-0.3, -0.25) is 0 Å². The van der Waals surface area contributed by atoms with E-state index in [-0.39, 0.29) is 0 Å². The van der Waals surface area contributed by atoms with E-state index in [1.54, 1.807) is 12.0 Å². The molecule has 122 valence electrons. The Labute approximate surface area is 131 Å². The van der Waals surface area contributed by atoms with E-state index in [1.165, 1.54) is 19.3 Å². The van der Waals surface area contributed by atoms with Gasteiger partial charge in [0.15, 0.2) is 0 Å². The maximum Gasteiger partial charge on any atom is 0.338 e. The van der Waals surface area contributed by atoms with Gasteiger partial charge in [0.2, 0.25) is 0 Å². The van der Waals surface area contributed by atoms with Crippen LogP contribution in [0.25, 0.3) is 0 Å². The zero-order valence-corrected chi connectivity index (χ0v) is 15.7. The van der Waals surface area contributed by atoms with E-state index in [0.29, 0.717) is 0 Å². The predicted molar refractivity (Wildman–Crippen MR) is 91.5 cm³/mol. The Morgan fingerprint density at radius 1 is 0.800 bits per heavy atom. The second kappa shape index (κ2) is 14.4. The van der Waals surface area contributed by atoms with Gasteiger partial charge >= 0.3 is 8.56 Å². The monoisotopic (exact) mass is 322 g/mol. The molecule has 0 radical (unpaired) electrons. The molecule has 0 N–H and O–H groups in total. The summed E-state index contributed by atoms with van der Waals surface area (Å²) >= 11 is 1.62. The largest absolute Gasteiger partial charge is 0.394 e. The van der Waals surface area contributed by atoms with Crippen molar-refractivity contribution < 1.29 is 13.0 Å². The van der Waals surface area contributed by atoms with Gasteiger partial charge in [-0.05, 0) is 50.8 Å². The lowest BCUT2D eigenvalue weighted by molar-refractivity contribution is 0.181. The van der Waals surface area contributed by atoms with Crippen molar-refractivity contribution >= 4 is 20.6 Å². The molecule has 5 heteroatoms. The van der Waals surface area contributed by atoms with Crippen molar-refractivity contribution in [2.24, 2.45) is 0 Å². The van der Waals surface area contributed by atoms with Gasteiger partial charge in [-0.2, -0.15) is 0 Å². The van der Waals surface area contributed by atoms with E-state index in [1.807, 2.05) is 0 Å². The summed E-state index contributed by atoms with van der Waals surface area (Å²) in [7, 11) is -1.93. The molecule has 0 amide bonds. The zero-order chi connectivity index (χ0) is 15.1. The van der Waals surface area contributed by atoms with Crippen LogP contribution in [-0.2, 0) is 13.0 Å². The highest BCUT2D eigenvalue weighted by Gasteiger charge is 2.35. The van der Waals surface area contributed by atoms with Crippen LogP contribution >= 0.6 is 12.0 Å². The maximum atomic E-state index is 6.05. The average molecular weight is 323 g/mol. The Kier molecular flexibility index (Phi) is 14.7. The summed E-state index contributed by atoms with van der Waals surface area (Å²) in [6.45, 7) is 11.0. The molecule has 0 aliphatic carbocycles. The highest BCUT2D eigenvalue weighted by atomic mass is 32.2. The topological polar surface area (TPSA) is 27.7 Å². The number of hydrogen-bond acceptors (Lipinski definition) is 4. The van der Waals surface area contributed by atoms with Crippen molar-refractivity contribution in [3.63, 3.8) is 0 Å². The van der Waals surface area contributed by atoms with Crippen LogP contribution in [0.1, 0.15) is 59.8 Å². The molecule has 0 aromatic rings. The molecule has 20 heavy (non-hydrogen) atoms. The Hall–Kier alpha value is 0.447. The molecule has 0 saturated heterocycles. The summed E-state index contributed by atoms with van der Waals surface area (Å²) in [4.78, 5) is 0. The lowest BCUT2D eigenvalue weighted by atomic mass is 10.4. The van der Waals surface area contributed by atoms with Crippen LogP contribution in [0.2, 0.25) is 12.1 Å². The van der Waals surface area contributed by atoms with E-state index in [4.69, 9.17) is 13.0 Å². The van der Waals surface area contributed by atoms with Crippen LogP contribution in [0.3, 0.4) is 0 Å². The Morgan fingerprint density at radius 3 is 2.05 bits per heavy atom. The standard InChI is InChI=1S/C15H34O3SSi/c1-5-9-12-16-19-13-10-11-15-20(14-6-2,17-7-3)18-8-4/h5-15H2,1-4H3. The van der Waals surface area contributed by atoms with Crippen molar-refractivity contribution in [3.8, 4) is 0 Å². The van der Waals surface area contributed by atoms with E-state index >= 15 is 0 Å².